The monoisotopic (exact) mass is 354 g/mol. The van der Waals surface area contributed by atoms with Crippen molar-refractivity contribution in [1.82, 2.24) is 15.5 Å². The van der Waals surface area contributed by atoms with Crippen LogP contribution >= 0.6 is 0 Å². The first-order chi connectivity index (χ1) is 12.6. The van der Waals surface area contributed by atoms with Gasteiger partial charge in [-0.15, -0.1) is 5.10 Å². The smallest absolute Gasteiger partial charge is 0.255 e. The highest BCUT2D eigenvalue weighted by molar-refractivity contribution is 5.95. The molecule has 0 bridgehead atoms. The van der Waals surface area contributed by atoms with Crippen LogP contribution in [0.3, 0.4) is 0 Å². The fourth-order valence-corrected chi connectivity index (χ4v) is 4.01. The van der Waals surface area contributed by atoms with E-state index in [1.807, 2.05) is 19.9 Å². The SMILES string of the molecule is Cc1cc(C(=O)NC2CCN(c3cc4c(nn3)CCCC4)CC2)c(C)o1. The van der Waals surface area contributed by atoms with Gasteiger partial charge in [-0.3, -0.25) is 4.79 Å². The van der Waals surface area contributed by atoms with E-state index in [0.717, 1.165) is 50.4 Å². The minimum Gasteiger partial charge on any atom is -0.466 e. The molecule has 138 valence electrons. The van der Waals surface area contributed by atoms with Gasteiger partial charge >= 0.3 is 0 Å². The Hall–Kier alpha value is -2.37. The van der Waals surface area contributed by atoms with Gasteiger partial charge in [0.15, 0.2) is 5.82 Å². The number of carbonyl (C=O) groups is 1. The first kappa shape index (κ1) is 17.1. The lowest BCUT2D eigenvalue weighted by atomic mass is 9.96. The molecule has 0 aromatic carbocycles. The maximum absolute atomic E-state index is 12.5. The van der Waals surface area contributed by atoms with Crippen LogP contribution in [0.4, 0.5) is 5.82 Å². The molecular weight excluding hydrogens is 328 g/mol. The van der Waals surface area contributed by atoms with Crippen molar-refractivity contribution in [1.29, 1.82) is 0 Å². The molecule has 2 aromatic heterocycles. The van der Waals surface area contributed by atoms with Crippen molar-refractivity contribution >= 4 is 11.7 Å². The molecule has 2 aliphatic rings. The second kappa shape index (κ2) is 7.09. The van der Waals surface area contributed by atoms with Crippen LogP contribution in [-0.2, 0) is 12.8 Å². The minimum absolute atomic E-state index is 0.0358. The average molecular weight is 354 g/mol. The Labute approximate surface area is 154 Å². The van der Waals surface area contributed by atoms with Crippen molar-refractivity contribution in [3.8, 4) is 0 Å². The number of aryl methyl sites for hydroxylation is 4. The Morgan fingerprint density at radius 1 is 1.15 bits per heavy atom. The molecule has 1 fully saturated rings. The van der Waals surface area contributed by atoms with Gasteiger partial charge in [0.05, 0.1) is 11.3 Å². The third-order valence-electron chi connectivity index (χ3n) is 5.50. The summed E-state index contributed by atoms with van der Waals surface area (Å²) in [6, 6.07) is 4.22. The van der Waals surface area contributed by atoms with E-state index < -0.39 is 0 Å². The normalized spacial score (nSPS) is 17.8. The van der Waals surface area contributed by atoms with Gasteiger partial charge in [-0.2, -0.15) is 5.10 Å². The quantitative estimate of drug-likeness (QED) is 0.917. The van der Waals surface area contributed by atoms with E-state index in [-0.39, 0.29) is 11.9 Å². The summed E-state index contributed by atoms with van der Waals surface area (Å²) in [5, 5.41) is 12.0. The predicted octanol–water partition coefficient (Wildman–Crippen LogP) is 2.96. The van der Waals surface area contributed by atoms with E-state index in [2.05, 4.69) is 26.5 Å². The Morgan fingerprint density at radius 3 is 2.65 bits per heavy atom. The van der Waals surface area contributed by atoms with Gasteiger partial charge in [0.1, 0.15) is 11.5 Å². The fourth-order valence-electron chi connectivity index (χ4n) is 4.01. The van der Waals surface area contributed by atoms with Gasteiger partial charge in [0.25, 0.3) is 5.91 Å². The van der Waals surface area contributed by atoms with Crippen molar-refractivity contribution in [3.63, 3.8) is 0 Å². The second-order valence-electron chi connectivity index (χ2n) is 7.44. The van der Waals surface area contributed by atoms with Crippen LogP contribution in [-0.4, -0.2) is 35.2 Å². The highest BCUT2D eigenvalue weighted by atomic mass is 16.3. The van der Waals surface area contributed by atoms with E-state index in [4.69, 9.17) is 4.42 Å². The number of anilines is 1. The third kappa shape index (κ3) is 3.45. The van der Waals surface area contributed by atoms with Crippen LogP contribution in [0.1, 0.15) is 58.8 Å². The molecule has 26 heavy (non-hydrogen) atoms. The molecule has 6 heteroatoms. The molecular formula is C20H26N4O2. The summed E-state index contributed by atoms with van der Waals surface area (Å²) in [7, 11) is 0. The maximum atomic E-state index is 12.5. The molecule has 6 nitrogen and oxygen atoms in total. The topological polar surface area (TPSA) is 71.3 Å². The van der Waals surface area contributed by atoms with Crippen LogP contribution in [0.15, 0.2) is 16.5 Å². The molecule has 0 radical (unpaired) electrons. The summed E-state index contributed by atoms with van der Waals surface area (Å²) >= 11 is 0. The Kier molecular flexibility index (Phi) is 4.66. The lowest BCUT2D eigenvalue weighted by Gasteiger charge is -2.33. The van der Waals surface area contributed by atoms with Crippen molar-refractivity contribution in [2.75, 3.05) is 18.0 Å². The number of aromatic nitrogens is 2. The van der Waals surface area contributed by atoms with Crippen molar-refractivity contribution in [2.45, 2.75) is 58.4 Å². The average Bonchev–Trinajstić information content (AvgIpc) is 3.00. The maximum Gasteiger partial charge on any atom is 0.255 e. The largest absolute Gasteiger partial charge is 0.466 e. The zero-order chi connectivity index (χ0) is 18.1. The number of furan rings is 1. The predicted molar refractivity (Wildman–Crippen MR) is 99.6 cm³/mol. The number of hydrogen-bond acceptors (Lipinski definition) is 5. The fraction of sp³-hybridized carbons (Fsp3) is 0.550. The standard InChI is InChI=1S/C20H26N4O2/c1-13-11-17(14(2)26-13)20(25)21-16-7-9-24(10-8-16)19-12-15-5-3-4-6-18(15)22-23-19/h11-12,16H,3-10H2,1-2H3,(H,21,25). The Morgan fingerprint density at radius 2 is 1.92 bits per heavy atom. The van der Waals surface area contributed by atoms with E-state index in [9.17, 15) is 4.79 Å². The van der Waals surface area contributed by atoms with E-state index >= 15 is 0 Å². The third-order valence-corrected chi connectivity index (χ3v) is 5.50. The number of fused-ring (bicyclic) bond motifs is 1. The van der Waals surface area contributed by atoms with Gasteiger partial charge in [0, 0.05) is 19.1 Å². The van der Waals surface area contributed by atoms with Gasteiger partial charge in [-0.1, -0.05) is 0 Å². The van der Waals surface area contributed by atoms with Crippen LogP contribution in [0.25, 0.3) is 0 Å². The van der Waals surface area contributed by atoms with Crippen LogP contribution in [0.2, 0.25) is 0 Å². The molecule has 1 aliphatic carbocycles. The number of rotatable bonds is 3. The molecule has 1 amide bonds. The molecule has 0 atom stereocenters. The van der Waals surface area contributed by atoms with Gasteiger partial charge in [-0.05, 0) is 70.1 Å². The molecule has 2 aromatic rings. The molecule has 3 heterocycles. The Bertz CT molecular complexity index is 806. The first-order valence-corrected chi connectivity index (χ1v) is 9.58. The Balaban J connectivity index is 1.35. The molecule has 0 spiro atoms. The van der Waals surface area contributed by atoms with Crippen molar-refractivity contribution < 1.29 is 9.21 Å². The number of nitrogens with zero attached hydrogens (tertiary/aromatic N) is 3. The molecule has 1 aliphatic heterocycles. The number of carbonyl (C=O) groups excluding carboxylic acids is 1. The number of nitrogens with one attached hydrogen (secondary N) is 1. The highest BCUT2D eigenvalue weighted by Gasteiger charge is 2.24. The minimum atomic E-state index is -0.0358. The second-order valence-corrected chi connectivity index (χ2v) is 7.44. The van der Waals surface area contributed by atoms with E-state index in [1.165, 1.54) is 24.1 Å². The summed E-state index contributed by atoms with van der Waals surface area (Å²) in [5.41, 5.74) is 3.18. The summed E-state index contributed by atoms with van der Waals surface area (Å²) < 4.78 is 5.46. The summed E-state index contributed by atoms with van der Waals surface area (Å²) in [6.07, 6.45) is 6.49. The zero-order valence-corrected chi connectivity index (χ0v) is 15.5. The van der Waals surface area contributed by atoms with E-state index in [1.54, 1.807) is 0 Å². The number of hydrogen-bond donors (Lipinski definition) is 1. The summed E-state index contributed by atoms with van der Waals surface area (Å²) in [6.45, 7) is 5.48. The first-order valence-electron chi connectivity index (χ1n) is 9.58. The van der Waals surface area contributed by atoms with Crippen molar-refractivity contribution in [2.24, 2.45) is 0 Å². The summed E-state index contributed by atoms with van der Waals surface area (Å²) in [4.78, 5) is 14.7. The van der Waals surface area contributed by atoms with Crippen LogP contribution < -0.4 is 10.2 Å². The van der Waals surface area contributed by atoms with Gasteiger partial charge in [0.2, 0.25) is 0 Å². The number of amides is 1. The van der Waals surface area contributed by atoms with E-state index in [0.29, 0.717) is 11.3 Å². The summed E-state index contributed by atoms with van der Waals surface area (Å²) in [5.74, 6) is 2.40. The van der Waals surface area contributed by atoms with Gasteiger partial charge < -0.3 is 14.6 Å². The van der Waals surface area contributed by atoms with Crippen LogP contribution in [0, 0.1) is 13.8 Å². The number of piperidine rings is 1. The highest BCUT2D eigenvalue weighted by Crippen LogP contribution is 2.24. The lowest BCUT2D eigenvalue weighted by molar-refractivity contribution is 0.0929. The molecule has 0 unspecified atom stereocenters. The van der Waals surface area contributed by atoms with Gasteiger partial charge in [-0.25, -0.2) is 0 Å². The molecule has 4 rings (SSSR count). The molecule has 1 N–H and O–H groups in total. The molecule has 1 saturated heterocycles. The lowest BCUT2D eigenvalue weighted by Crippen LogP contribution is -2.45. The zero-order valence-electron chi connectivity index (χ0n) is 15.5. The van der Waals surface area contributed by atoms with Crippen molar-refractivity contribution in [3.05, 3.63) is 40.5 Å². The molecule has 0 saturated carbocycles. The van der Waals surface area contributed by atoms with Crippen LogP contribution in [0.5, 0.6) is 0 Å².